The number of rotatable bonds is 5. The summed E-state index contributed by atoms with van der Waals surface area (Å²) in [6, 6.07) is 0. The van der Waals surface area contributed by atoms with E-state index in [0.717, 1.165) is 5.57 Å². The highest BCUT2D eigenvalue weighted by Gasteiger charge is 2.24. The Bertz CT molecular complexity index is 454. The van der Waals surface area contributed by atoms with E-state index in [1.807, 2.05) is 13.8 Å². The van der Waals surface area contributed by atoms with Gasteiger partial charge in [-0.1, -0.05) is 6.92 Å². The molecule has 0 unspecified atom stereocenters. The molecule has 0 saturated carbocycles. The number of esters is 2. The molecule has 20 heavy (non-hydrogen) atoms. The van der Waals surface area contributed by atoms with Crippen molar-refractivity contribution in [1.82, 2.24) is 5.32 Å². The third-order valence-electron chi connectivity index (χ3n) is 2.73. The van der Waals surface area contributed by atoms with Crippen LogP contribution in [-0.2, 0) is 19.1 Å². The van der Waals surface area contributed by atoms with E-state index < -0.39 is 0 Å². The molecule has 0 aliphatic carbocycles. The largest absolute Gasteiger partial charge is 0.463 e. The van der Waals surface area contributed by atoms with Gasteiger partial charge in [0.25, 0.3) is 0 Å². The van der Waals surface area contributed by atoms with Gasteiger partial charge in [-0.15, -0.1) is 11.8 Å². The van der Waals surface area contributed by atoms with Crippen molar-refractivity contribution in [2.45, 2.75) is 34.1 Å². The van der Waals surface area contributed by atoms with Crippen LogP contribution in [0.1, 0.15) is 34.1 Å². The summed E-state index contributed by atoms with van der Waals surface area (Å²) in [5.74, 6) is -0.0748. The van der Waals surface area contributed by atoms with Crippen molar-refractivity contribution in [3.63, 3.8) is 0 Å². The molecule has 0 aromatic heterocycles. The fourth-order valence-electron chi connectivity index (χ4n) is 1.72. The molecule has 0 aromatic carbocycles. The lowest BCUT2D eigenvalue weighted by Gasteiger charge is -2.23. The molecule has 0 spiro atoms. The van der Waals surface area contributed by atoms with Gasteiger partial charge in [0.1, 0.15) is 5.70 Å². The van der Waals surface area contributed by atoms with E-state index >= 15 is 0 Å². The maximum absolute atomic E-state index is 11.9. The molecule has 112 valence electrons. The highest BCUT2D eigenvalue weighted by Crippen LogP contribution is 2.29. The second-order valence-electron chi connectivity index (χ2n) is 4.17. The summed E-state index contributed by atoms with van der Waals surface area (Å²) < 4.78 is 10.0. The highest BCUT2D eigenvalue weighted by molar-refractivity contribution is 8.03. The summed E-state index contributed by atoms with van der Waals surface area (Å²) in [5, 5.41) is 3.71. The standard InChI is InChI=1S/C14H21NO4S/c1-5-10(13(16)18-6-2)12-15-11(9(4)8-20-12)14(17)19-7-3/h15H,5-8H2,1-4H3/b12-10-. The lowest BCUT2D eigenvalue weighted by Crippen LogP contribution is -2.28. The summed E-state index contributed by atoms with van der Waals surface area (Å²) in [6.07, 6.45) is 0.545. The molecule has 0 radical (unpaired) electrons. The zero-order valence-corrected chi connectivity index (χ0v) is 13.2. The number of hydrogen-bond donors (Lipinski definition) is 1. The van der Waals surface area contributed by atoms with E-state index in [0.29, 0.717) is 41.7 Å². The predicted molar refractivity (Wildman–Crippen MR) is 78.9 cm³/mol. The SMILES string of the molecule is CCOC(=O)C1=C(C)CS/C(=C(/CC)C(=O)OCC)N1. The summed E-state index contributed by atoms with van der Waals surface area (Å²) in [7, 11) is 0. The quantitative estimate of drug-likeness (QED) is 0.621. The Balaban J connectivity index is 3.00. The monoisotopic (exact) mass is 299 g/mol. The topological polar surface area (TPSA) is 64.6 Å². The first kappa shape index (κ1) is 16.6. The average molecular weight is 299 g/mol. The fourth-order valence-corrected chi connectivity index (χ4v) is 2.80. The Morgan fingerprint density at radius 2 is 1.85 bits per heavy atom. The number of hydrogen-bond acceptors (Lipinski definition) is 6. The molecular formula is C14H21NO4S. The third-order valence-corrected chi connectivity index (χ3v) is 3.94. The van der Waals surface area contributed by atoms with Gasteiger partial charge in [-0.25, -0.2) is 9.59 Å². The van der Waals surface area contributed by atoms with Crippen LogP contribution in [-0.4, -0.2) is 30.9 Å². The lowest BCUT2D eigenvalue weighted by atomic mass is 10.2. The van der Waals surface area contributed by atoms with Gasteiger partial charge >= 0.3 is 11.9 Å². The lowest BCUT2D eigenvalue weighted by molar-refractivity contribution is -0.140. The first-order chi connectivity index (χ1) is 9.54. The van der Waals surface area contributed by atoms with E-state index in [9.17, 15) is 9.59 Å². The number of ether oxygens (including phenoxy) is 2. The summed E-state index contributed by atoms with van der Waals surface area (Å²) in [4.78, 5) is 23.8. The normalized spacial score (nSPS) is 17.4. The van der Waals surface area contributed by atoms with Gasteiger partial charge in [-0.2, -0.15) is 0 Å². The van der Waals surface area contributed by atoms with Crippen molar-refractivity contribution in [2.75, 3.05) is 19.0 Å². The zero-order chi connectivity index (χ0) is 15.1. The smallest absolute Gasteiger partial charge is 0.354 e. The van der Waals surface area contributed by atoms with Crippen LogP contribution in [0.15, 0.2) is 21.9 Å². The molecule has 0 saturated heterocycles. The van der Waals surface area contributed by atoms with Crippen LogP contribution in [0.3, 0.4) is 0 Å². The molecule has 1 aliphatic heterocycles. The molecule has 1 N–H and O–H groups in total. The minimum Gasteiger partial charge on any atom is -0.463 e. The van der Waals surface area contributed by atoms with Crippen molar-refractivity contribution in [1.29, 1.82) is 0 Å². The Kier molecular flexibility index (Phi) is 6.64. The molecule has 0 bridgehead atoms. The van der Waals surface area contributed by atoms with Crippen molar-refractivity contribution in [2.24, 2.45) is 0 Å². The number of carbonyl (C=O) groups is 2. The second-order valence-corrected chi connectivity index (χ2v) is 5.16. The van der Waals surface area contributed by atoms with Gasteiger partial charge < -0.3 is 14.8 Å². The summed E-state index contributed by atoms with van der Waals surface area (Å²) in [5.41, 5.74) is 1.90. The van der Waals surface area contributed by atoms with Crippen LogP contribution in [0, 0.1) is 0 Å². The first-order valence-corrected chi connectivity index (χ1v) is 7.70. The predicted octanol–water partition coefficient (Wildman–Crippen LogP) is 2.34. The Labute approximate surface area is 123 Å². The van der Waals surface area contributed by atoms with E-state index in [1.165, 1.54) is 11.8 Å². The number of nitrogens with one attached hydrogen (secondary N) is 1. The van der Waals surface area contributed by atoms with Gasteiger partial charge in [0, 0.05) is 5.75 Å². The maximum Gasteiger partial charge on any atom is 0.354 e. The van der Waals surface area contributed by atoms with Crippen molar-refractivity contribution in [3.05, 3.63) is 21.9 Å². The Hall–Kier alpha value is -1.43. The molecule has 0 amide bonds. The van der Waals surface area contributed by atoms with Crippen LogP contribution < -0.4 is 5.32 Å². The van der Waals surface area contributed by atoms with E-state index in [-0.39, 0.29) is 11.9 Å². The molecule has 0 aromatic rings. The van der Waals surface area contributed by atoms with E-state index in [4.69, 9.17) is 9.47 Å². The molecule has 1 rings (SSSR count). The van der Waals surface area contributed by atoms with Crippen LogP contribution in [0.5, 0.6) is 0 Å². The maximum atomic E-state index is 11.9. The van der Waals surface area contributed by atoms with Gasteiger partial charge in [0.05, 0.1) is 23.8 Å². The van der Waals surface area contributed by atoms with Crippen molar-refractivity contribution >= 4 is 23.7 Å². The van der Waals surface area contributed by atoms with Crippen LogP contribution in [0.2, 0.25) is 0 Å². The third kappa shape index (κ3) is 4.03. The van der Waals surface area contributed by atoms with Crippen molar-refractivity contribution in [3.8, 4) is 0 Å². The fraction of sp³-hybridized carbons (Fsp3) is 0.571. The van der Waals surface area contributed by atoms with E-state index in [1.54, 1.807) is 13.8 Å². The highest BCUT2D eigenvalue weighted by atomic mass is 32.2. The van der Waals surface area contributed by atoms with Crippen LogP contribution in [0.4, 0.5) is 0 Å². The molecule has 1 heterocycles. The molecule has 0 fully saturated rings. The van der Waals surface area contributed by atoms with Crippen LogP contribution >= 0.6 is 11.8 Å². The molecular weight excluding hydrogens is 278 g/mol. The van der Waals surface area contributed by atoms with Gasteiger partial charge in [0.15, 0.2) is 0 Å². The number of thioether (sulfide) groups is 1. The van der Waals surface area contributed by atoms with Gasteiger partial charge in [-0.05, 0) is 32.8 Å². The molecule has 6 heteroatoms. The Morgan fingerprint density at radius 3 is 2.40 bits per heavy atom. The summed E-state index contributed by atoms with van der Waals surface area (Å²) in [6.45, 7) is 7.95. The van der Waals surface area contributed by atoms with Crippen LogP contribution in [0.25, 0.3) is 0 Å². The van der Waals surface area contributed by atoms with E-state index in [2.05, 4.69) is 5.32 Å². The Morgan fingerprint density at radius 1 is 1.20 bits per heavy atom. The average Bonchev–Trinajstić information content (AvgIpc) is 2.42. The molecule has 0 atom stereocenters. The first-order valence-electron chi connectivity index (χ1n) is 6.72. The minimum atomic E-state index is -0.387. The summed E-state index contributed by atoms with van der Waals surface area (Å²) >= 11 is 1.50. The van der Waals surface area contributed by atoms with Gasteiger partial charge in [-0.3, -0.25) is 0 Å². The minimum absolute atomic E-state index is 0.321. The molecule has 5 nitrogen and oxygen atoms in total. The second kappa shape index (κ2) is 7.99. The van der Waals surface area contributed by atoms with Gasteiger partial charge in [0.2, 0.25) is 0 Å². The zero-order valence-electron chi connectivity index (χ0n) is 12.4. The van der Waals surface area contributed by atoms with Crippen molar-refractivity contribution < 1.29 is 19.1 Å². The number of carbonyl (C=O) groups excluding carboxylic acids is 2. The molecule has 1 aliphatic rings.